The van der Waals surface area contributed by atoms with Crippen molar-refractivity contribution in [2.75, 3.05) is 20.3 Å². The largest absolute Gasteiger partial charge is 0.383 e. The van der Waals surface area contributed by atoms with Gasteiger partial charge in [-0.25, -0.2) is 4.99 Å². The number of amides is 1. The summed E-state index contributed by atoms with van der Waals surface area (Å²) in [6, 6.07) is 18.0. The van der Waals surface area contributed by atoms with E-state index in [-0.39, 0.29) is 5.91 Å². The molecule has 5 nitrogen and oxygen atoms in total. The van der Waals surface area contributed by atoms with Crippen LogP contribution >= 0.6 is 11.8 Å². The summed E-state index contributed by atoms with van der Waals surface area (Å²) in [6.07, 6.45) is 3.89. The van der Waals surface area contributed by atoms with Gasteiger partial charge in [0.25, 0.3) is 5.91 Å². The van der Waals surface area contributed by atoms with Crippen molar-refractivity contribution < 1.29 is 9.53 Å². The summed E-state index contributed by atoms with van der Waals surface area (Å²) in [5.74, 6) is -0.0447. The Morgan fingerprint density at radius 1 is 1.13 bits per heavy atom. The number of carbonyl (C=O) groups is 1. The van der Waals surface area contributed by atoms with Crippen molar-refractivity contribution in [1.82, 2.24) is 9.47 Å². The predicted octanol–water partition coefficient (Wildman–Crippen LogP) is 5.39. The molecule has 0 radical (unpaired) electrons. The maximum absolute atomic E-state index is 13.3. The molecule has 0 aliphatic carbocycles. The van der Waals surface area contributed by atoms with Gasteiger partial charge in [-0.1, -0.05) is 42.5 Å². The SMILES string of the molecule is C=CCn1c(C)c(/C=C2/SC(=Nc3ccccc3)N(CCOC)C2=O)c2ccccc21. The smallest absolute Gasteiger partial charge is 0.266 e. The molecule has 2 aromatic carbocycles. The van der Waals surface area contributed by atoms with Crippen molar-refractivity contribution in [2.45, 2.75) is 13.5 Å². The Morgan fingerprint density at radius 2 is 1.87 bits per heavy atom. The van der Waals surface area contributed by atoms with Crippen molar-refractivity contribution in [3.05, 3.63) is 83.4 Å². The molecule has 1 aliphatic rings. The van der Waals surface area contributed by atoms with Crippen molar-refractivity contribution in [2.24, 2.45) is 4.99 Å². The topological polar surface area (TPSA) is 46.8 Å². The molecule has 0 saturated carbocycles. The molecule has 6 heteroatoms. The van der Waals surface area contributed by atoms with Crippen molar-refractivity contribution in [3.8, 4) is 0 Å². The van der Waals surface area contributed by atoms with E-state index in [0.717, 1.165) is 34.4 Å². The molecule has 1 amide bonds. The molecule has 1 saturated heterocycles. The Balaban J connectivity index is 1.78. The third kappa shape index (κ3) is 4.22. The molecule has 0 atom stereocenters. The summed E-state index contributed by atoms with van der Waals surface area (Å²) in [6.45, 7) is 7.60. The number of benzene rings is 2. The highest BCUT2D eigenvalue weighted by Crippen LogP contribution is 2.36. The lowest BCUT2D eigenvalue weighted by atomic mass is 10.1. The summed E-state index contributed by atoms with van der Waals surface area (Å²) < 4.78 is 7.44. The van der Waals surface area contributed by atoms with Crippen LogP contribution in [0.2, 0.25) is 0 Å². The number of carbonyl (C=O) groups excluding carboxylic acids is 1. The van der Waals surface area contributed by atoms with Crippen LogP contribution in [0, 0.1) is 6.92 Å². The van der Waals surface area contributed by atoms with Gasteiger partial charge in [-0.3, -0.25) is 9.69 Å². The number of amidine groups is 1. The van der Waals surface area contributed by atoms with E-state index in [0.29, 0.717) is 23.2 Å². The second kappa shape index (κ2) is 9.37. The fourth-order valence-electron chi connectivity index (χ4n) is 3.72. The minimum atomic E-state index is -0.0447. The molecular formula is C25H25N3O2S. The summed E-state index contributed by atoms with van der Waals surface area (Å²) in [5, 5.41) is 1.80. The Labute approximate surface area is 186 Å². The van der Waals surface area contributed by atoms with Crippen LogP contribution in [0.1, 0.15) is 11.3 Å². The molecule has 158 valence electrons. The molecular weight excluding hydrogens is 406 g/mol. The van der Waals surface area contributed by atoms with Gasteiger partial charge in [0.05, 0.1) is 23.7 Å². The number of allylic oxidation sites excluding steroid dienone is 1. The third-order valence-corrected chi connectivity index (χ3v) is 6.26. The van der Waals surface area contributed by atoms with Gasteiger partial charge in [0.2, 0.25) is 0 Å². The van der Waals surface area contributed by atoms with Crippen LogP contribution in [0.15, 0.2) is 77.1 Å². The van der Waals surface area contributed by atoms with Crippen LogP contribution in [0.5, 0.6) is 0 Å². The molecule has 0 spiro atoms. The summed E-state index contributed by atoms with van der Waals surface area (Å²) in [4.78, 5) is 20.4. The van der Waals surface area contributed by atoms with Gasteiger partial charge in [-0.05, 0) is 43.0 Å². The molecule has 1 aromatic heterocycles. The second-order valence-electron chi connectivity index (χ2n) is 7.21. The van der Waals surface area contributed by atoms with Crippen molar-refractivity contribution >= 4 is 45.5 Å². The number of hydrogen-bond acceptors (Lipinski definition) is 4. The first-order valence-electron chi connectivity index (χ1n) is 10.2. The minimum absolute atomic E-state index is 0.0447. The normalized spacial score (nSPS) is 16.7. The van der Waals surface area contributed by atoms with E-state index in [2.05, 4.69) is 30.2 Å². The maximum atomic E-state index is 13.3. The monoisotopic (exact) mass is 431 g/mol. The molecule has 0 bridgehead atoms. The number of fused-ring (bicyclic) bond motifs is 1. The summed E-state index contributed by atoms with van der Waals surface area (Å²) in [5.41, 5.74) is 4.12. The van der Waals surface area contributed by atoms with E-state index in [9.17, 15) is 4.79 Å². The van der Waals surface area contributed by atoms with Crippen LogP contribution in [0.3, 0.4) is 0 Å². The van der Waals surface area contributed by atoms with Crippen LogP contribution in [-0.2, 0) is 16.1 Å². The number of hydrogen-bond donors (Lipinski definition) is 0. The molecule has 1 fully saturated rings. The van der Waals surface area contributed by atoms with Gasteiger partial charge >= 0.3 is 0 Å². The maximum Gasteiger partial charge on any atom is 0.266 e. The number of aliphatic imine (C=N–C) groups is 1. The lowest BCUT2D eigenvalue weighted by Gasteiger charge is -2.14. The quantitative estimate of drug-likeness (QED) is 0.372. The highest BCUT2D eigenvalue weighted by atomic mass is 32.2. The first-order chi connectivity index (χ1) is 15.1. The zero-order valence-corrected chi connectivity index (χ0v) is 18.6. The lowest BCUT2D eigenvalue weighted by molar-refractivity contribution is -0.122. The molecule has 3 aromatic rings. The van der Waals surface area contributed by atoms with Gasteiger partial charge in [0.15, 0.2) is 5.17 Å². The molecule has 31 heavy (non-hydrogen) atoms. The van der Waals surface area contributed by atoms with Gasteiger partial charge < -0.3 is 9.30 Å². The fraction of sp³-hybridized carbons (Fsp3) is 0.200. The van der Waals surface area contributed by atoms with Crippen LogP contribution in [0.4, 0.5) is 5.69 Å². The van der Waals surface area contributed by atoms with Crippen molar-refractivity contribution in [3.63, 3.8) is 0 Å². The summed E-state index contributed by atoms with van der Waals surface area (Å²) in [7, 11) is 1.64. The van der Waals surface area contributed by atoms with Crippen molar-refractivity contribution in [1.29, 1.82) is 0 Å². The Bertz CT molecular complexity index is 1180. The van der Waals surface area contributed by atoms with E-state index in [1.54, 1.807) is 12.0 Å². The third-order valence-electron chi connectivity index (χ3n) is 5.25. The second-order valence-corrected chi connectivity index (χ2v) is 8.21. The minimum Gasteiger partial charge on any atom is -0.383 e. The number of ether oxygens (including phenoxy) is 1. The van der Waals surface area contributed by atoms with E-state index < -0.39 is 0 Å². The summed E-state index contributed by atoms with van der Waals surface area (Å²) >= 11 is 1.41. The zero-order valence-electron chi connectivity index (χ0n) is 17.7. The van der Waals surface area contributed by atoms with Crippen LogP contribution in [0.25, 0.3) is 17.0 Å². The lowest BCUT2D eigenvalue weighted by Crippen LogP contribution is -2.32. The molecule has 1 aliphatic heterocycles. The Morgan fingerprint density at radius 3 is 2.61 bits per heavy atom. The molecule has 0 unspecified atom stereocenters. The first-order valence-corrected chi connectivity index (χ1v) is 11.0. The highest BCUT2D eigenvalue weighted by molar-refractivity contribution is 8.18. The Hall–Kier alpha value is -3.09. The fourth-order valence-corrected chi connectivity index (χ4v) is 4.73. The average Bonchev–Trinajstić information content (AvgIpc) is 3.22. The van der Waals surface area contributed by atoms with Gasteiger partial charge in [0, 0.05) is 35.8 Å². The van der Waals surface area contributed by atoms with Gasteiger partial charge in [-0.2, -0.15) is 0 Å². The zero-order chi connectivity index (χ0) is 21.8. The van der Waals surface area contributed by atoms with Crippen LogP contribution in [-0.4, -0.2) is 40.8 Å². The Kier molecular flexibility index (Phi) is 6.39. The molecule has 0 N–H and O–H groups in total. The number of thioether (sulfide) groups is 1. The highest BCUT2D eigenvalue weighted by Gasteiger charge is 2.33. The standard InChI is InChI=1S/C25H25N3O2S/c1-4-14-27-18(2)21(20-12-8-9-13-22(20)27)17-23-24(29)28(15-16-30-3)25(31-23)26-19-10-6-5-7-11-19/h4-13,17H,1,14-16H2,2-3H3/b23-17+,26-25?. The molecule has 4 rings (SSSR count). The predicted molar refractivity (Wildman–Crippen MR) is 130 cm³/mol. The first kappa shape index (κ1) is 21.2. The van der Waals surface area contributed by atoms with E-state index in [4.69, 9.17) is 9.73 Å². The van der Waals surface area contributed by atoms with E-state index >= 15 is 0 Å². The number of para-hydroxylation sites is 2. The average molecular weight is 432 g/mol. The number of nitrogens with zero attached hydrogens (tertiary/aromatic N) is 3. The van der Waals surface area contributed by atoms with Crippen LogP contribution < -0.4 is 0 Å². The number of aromatic nitrogens is 1. The molecule has 2 heterocycles. The number of methoxy groups -OCH3 is 1. The van der Waals surface area contributed by atoms with Gasteiger partial charge in [0.1, 0.15) is 0 Å². The van der Waals surface area contributed by atoms with E-state index in [1.807, 2.05) is 54.6 Å². The van der Waals surface area contributed by atoms with Gasteiger partial charge in [-0.15, -0.1) is 6.58 Å². The van der Waals surface area contributed by atoms with E-state index in [1.165, 1.54) is 11.8 Å². The number of rotatable bonds is 7.